The Balaban J connectivity index is 1.47. The summed E-state index contributed by atoms with van der Waals surface area (Å²) in [6, 6.07) is 7.93. The lowest BCUT2D eigenvalue weighted by molar-refractivity contribution is -0.124. The zero-order chi connectivity index (χ0) is 18.5. The highest BCUT2D eigenvalue weighted by molar-refractivity contribution is 6.01. The molecule has 1 aromatic carbocycles. The number of urea groups is 1. The molecule has 2 aromatic rings. The Morgan fingerprint density at radius 3 is 2.73 bits per heavy atom. The second-order valence-corrected chi connectivity index (χ2v) is 6.15. The Kier molecular flexibility index (Phi) is 5.40. The Bertz CT molecular complexity index is 825. The van der Waals surface area contributed by atoms with Crippen LogP contribution in [0.25, 0.3) is 10.9 Å². The maximum absolute atomic E-state index is 11.5. The van der Waals surface area contributed by atoms with Crippen molar-refractivity contribution in [3.63, 3.8) is 0 Å². The topological polar surface area (TPSA) is 102 Å². The first-order chi connectivity index (χ1) is 12.6. The maximum atomic E-state index is 11.5. The second-order valence-electron chi connectivity index (χ2n) is 6.15. The van der Waals surface area contributed by atoms with Gasteiger partial charge in [-0.25, -0.2) is 4.79 Å². The highest BCUT2D eigenvalue weighted by atomic mass is 16.2. The average Bonchev–Trinajstić information content (AvgIpc) is 3.13. The quantitative estimate of drug-likeness (QED) is 0.348. The number of amides is 3. The second kappa shape index (κ2) is 7.90. The van der Waals surface area contributed by atoms with Crippen molar-refractivity contribution >= 4 is 28.8 Å². The Hall–Kier alpha value is -3.03. The number of nitrogens with one attached hydrogen (secondary N) is 4. The van der Waals surface area contributed by atoms with Crippen molar-refractivity contribution in [1.29, 1.82) is 0 Å². The molecule has 0 bridgehead atoms. The number of rotatable bonds is 6. The van der Waals surface area contributed by atoms with Gasteiger partial charge >= 0.3 is 6.03 Å². The van der Waals surface area contributed by atoms with E-state index < -0.39 is 0 Å². The Morgan fingerprint density at radius 1 is 1.23 bits per heavy atom. The van der Waals surface area contributed by atoms with Crippen LogP contribution in [0.15, 0.2) is 29.3 Å². The molecule has 0 radical (unpaired) electrons. The van der Waals surface area contributed by atoms with Gasteiger partial charge in [0.1, 0.15) is 0 Å². The van der Waals surface area contributed by atoms with Crippen LogP contribution < -0.4 is 16.0 Å². The van der Waals surface area contributed by atoms with E-state index in [0.717, 1.165) is 18.5 Å². The van der Waals surface area contributed by atoms with Gasteiger partial charge in [-0.3, -0.25) is 14.7 Å². The highest BCUT2D eigenvalue weighted by Gasteiger charge is 2.27. The number of fused-ring (bicyclic) bond motifs is 1. The number of hydrogen-bond donors (Lipinski definition) is 4. The van der Waals surface area contributed by atoms with Crippen molar-refractivity contribution in [3.05, 3.63) is 35.5 Å². The molecule has 3 rings (SSSR count). The van der Waals surface area contributed by atoms with Crippen molar-refractivity contribution in [2.75, 3.05) is 33.2 Å². The van der Waals surface area contributed by atoms with E-state index in [2.05, 4.69) is 45.0 Å². The molecule has 0 spiro atoms. The summed E-state index contributed by atoms with van der Waals surface area (Å²) in [7, 11) is 1.69. The summed E-state index contributed by atoms with van der Waals surface area (Å²) in [5.41, 5.74) is 3.62. The van der Waals surface area contributed by atoms with Crippen LogP contribution in [-0.2, 0) is 11.2 Å². The number of aromatic amines is 1. The summed E-state index contributed by atoms with van der Waals surface area (Å²) in [5.74, 6) is 0.448. The monoisotopic (exact) mass is 356 g/mol. The number of H-pyrrole nitrogens is 1. The van der Waals surface area contributed by atoms with Crippen LogP contribution in [0.5, 0.6) is 0 Å². The third kappa shape index (κ3) is 3.79. The van der Waals surface area contributed by atoms with Gasteiger partial charge < -0.3 is 20.9 Å². The zero-order valence-electron chi connectivity index (χ0n) is 15.1. The fourth-order valence-electron chi connectivity index (χ4n) is 3.15. The molecule has 1 aromatic heterocycles. The van der Waals surface area contributed by atoms with Gasteiger partial charge in [-0.15, -0.1) is 0 Å². The summed E-state index contributed by atoms with van der Waals surface area (Å²) in [6.45, 7) is 3.65. The third-order valence-electron chi connectivity index (χ3n) is 4.48. The molecule has 0 saturated carbocycles. The van der Waals surface area contributed by atoms with Gasteiger partial charge in [0.05, 0.1) is 6.54 Å². The molecule has 2 heterocycles. The minimum atomic E-state index is -0.338. The first-order valence-electron chi connectivity index (χ1n) is 8.69. The standard InChI is InChI=1S/C18H24N6O2/c1-12-13(14-5-3-4-6-15(14)23-12)7-8-20-17(19-2)21-9-10-24-16(25)11-22-18(24)26/h3-6,23H,7-11H2,1-2H3,(H,22,26)(H2,19,20,21). The lowest BCUT2D eigenvalue weighted by Gasteiger charge is -2.15. The molecule has 0 unspecified atom stereocenters. The highest BCUT2D eigenvalue weighted by Crippen LogP contribution is 2.21. The number of guanidine groups is 1. The largest absolute Gasteiger partial charge is 0.358 e. The minimum Gasteiger partial charge on any atom is -0.358 e. The number of aryl methyl sites for hydroxylation is 1. The Morgan fingerprint density at radius 2 is 2.00 bits per heavy atom. The van der Waals surface area contributed by atoms with Gasteiger partial charge in [-0.1, -0.05) is 18.2 Å². The minimum absolute atomic E-state index is 0.0791. The van der Waals surface area contributed by atoms with Gasteiger partial charge in [-0.2, -0.15) is 0 Å². The molecule has 138 valence electrons. The fourth-order valence-corrected chi connectivity index (χ4v) is 3.15. The molecular weight excluding hydrogens is 332 g/mol. The van der Waals surface area contributed by atoms with E-state index in [4.69, 9.17) is 0 Å². The lowest BCUT2D eigenvalue weighted by atomic mass is 10.1. The van der Waals surface area contributed by atoms with E-state index in [0.29, 0.717) is 19.0 Å². The van der Waals surface area contributed by atoms with Crippen LogP contribution in [0, 0.1) is 6.92 Å². The van der Waals surface area contributed by atoms with Crippen LogP contribution in [0.3, 0.4) is 0 Å². The summed E-state index contributed by atoms with van der Waals surface area (Å²) in [6.07, 6.45) is 0.865. The normalized spacial score (nSPS) is 14.8. The zero-order valence-corrected chi connectivity index (χ0v) is 15.1. The first-order valence-corrected chi connectivity index (χ1v) is 8.69. The number of aliphatic imine (C=N–C) groups is 1. The Labute approximate surface area is 152 Å². The predicted molar refractivity (Wildman–Crippen MR) is 101 cm³/mol. The number of para-hydroxylation sites is 1. The number of aromatic nitrogens is 1. The van der Waals surface area contributed by atoms with Crippen molar-refractivity contribution < 1.29 is 9.59 Å². The van der Waals surface area contributed by atoms with E-state index >= 15 is 0 Å². The number of carbonyl (C=O) groups is 2. The van der Waals surface area contributed by atoms with Crippen molar-refractivity contribution in [3.8, 4) is 0 Å². The van der Waals surface area contributed by atoms with Crippen molar-refractivity contribution in [2.45, 2.75) is 13.3 Å². The molecule has 1 aliphatic rings. The summed E-state index contributed by atoms with van der Waals surface area (Å²) in [4.78, 5) is 31.8. The number of benzene rings is 1. The predicted octanol–water partition coefficient (Wildman–Crippen LogP) is 0.736. The molecule has 0 atom stereocenters. The van der Waals surface area contributed by atoms with Crippen LogP contribution in [0.4, 0.5) is 4.79 Å². The van der Waals surface area contributed by atoms with E-state index in [1.807, 2.05) is 12.1 Å². The van der Waals surface area contributed by atoms with Crippen LogP contribution in [-0.4, -0.2) is 61.0 Å². The van der Waals surface area contributed by atoms with Crippen LogP contribution in [0.1, 0.15) is 11.3 Å². The van der Waals surface area contributed by atoms with E-state index in [1.54, 1.807) is 7.05 Å². The molecule has 8 nitrogen and oxygen atoms in total. The SMILES string of the molecule is CN=C(NCCc1c(C)[nH]c2ccccc12)NCCN1C(=O)CNC1=O. The summed E-state index contributed by atoms with van der Waals surface area (Å²) >= 11 is 0. The summed E-state index contributed by atoms with van der Waals surface area (Å²) in [5, 5.41) is 10.1. The molecule has 4 N–H and O–H groups in total. The van der Waals surface area contributed by atoms with Gasteiger partial charge in [0.2, 0.25) is 5.91 Å². The molecule has 1 aliphatic heterocycles. The number of nitrogens with zero attached hydrogens (tertiary/aromatic N) is 2. The molecule has 3 amide bonds. The average molecular weight is 356 g/mol. The smallest absolute Gasteiger partial charge is 0.324 e. The van der Waals surface area contributed by atoms with Gasteiger partial charge in [-0.05, 0) is 25.0 Å². The fraction of sp³-hybridized carbons (Fsp3) is 0.389. The van der Waals surface area contributed by atoms with E-state index in [9.17, 15) is 9.59 Å². The van der Waals surface area contributed by atoms with Crippen LogP contribution in [0.2, 0.25) is 0 Å². The molecule has 1 fully saturated rings. The number of imide groups is 1. The van der Waals surface area contributed by atoms with Gasteiger partial charge in [0.25, 0.3) is 0 Å². The molecule has 8 heteroatoms. The third-order valence-corrected chi connectivity index (χ3v) is 4.48. The lowest BCUT2D eigenvalue weighted by Crippen LogP contribution is -2.43. The molecule has 0 aliphatic carbocycles. The van der Waals surface area contributed by atoms with E-state index in [-0.39, 0.29) is 18.5 Å². The van der Waals surface area contributed by atoms with E-state index in [1.165, 1.54) is 21.5 Å². The molecule has 1 saturated heterocycles. The van der Waals surface area contributed by atoms with Gasteiger partial charge in [0, 0.05) is 43.3 Å². The maximum Gasteiger partial charge on any atom is 0.324 e. The first kappa shape index (κ1) is 17.8. The number of hydrogen-bond acceptors (Lipinski definition) is 3. The van der Waals surface area contributed by atoms with Crippen molar-refractivity contribution in [2.24, 2.45) is 4.99 Å². The van der Waals surface area contributed by atoms with Crippen LogP contribution >= 0.6 is 0 Å². The summed E-state index contributed by atoms with van der Waals surface area (Å²) < 4.78 is 0. The molecule has 26 heavy (non-hydrogen) atoms. The molecular formula is C18H24N6O2. The van der Waals surface area contributed by atoms with Gasteiger partial charge in [0.15, 0.2) is 5.96 Å². The van der Waals surface area contributed by atoms with Crippen molar-refractivity contribution in [1.82, 2.24) is 25.8 Å². The number of carbonyl (C=O) groups excluding carboxylic acids is 2.